The van der Waals surface area contributed by atoms with Crippen LogP contribution in [0.25, 0.3) is 0 Å². The Morgan fingerprint density at radius 2 is 1.57 bits per heavy atom. The number of nitrogens with two attached hydrogens (primary N) is 1. The lowest BCUT2D eigenvalue weighted by Crippen LogP contribution is -2.16. The third kappa shape index (κ3) is 3.06. The molecule has 1 unspecified atom stereocenters. The molecule has 0 amide bonds. The Balaban J connectivity index is 2.59. The van der Waals surface area contributed by atoms with Gasteiger partial charge in [-0.2, -0.15) is 0 Å². The average Bonchev–Trinajstić information content (AvgIpc) is 2.46. The number of hydrogen-bond donors (Lipinski definition) is 1. The Bertz CT molecular complexity index is 635. The van der Waals surface area contributed by atoms with Crippen molar-refractivity contribution in [3.63, 3.8) is 0 Å². The summed E-state index contributed by atoms with van der Waals surface area (Å²) in [5.41, 5.74) is 10.9. The maximum absolute atomic E-state index is 6.52. The molecule has 0 radical (unpaired) electrons. The van der Waals surface area contributed by atoms with Crippen molar-refractivity contribution in [3.8, 4) is 11.5 Å². The van der Waals surface area contributed by atoms with E-state index in [1.807, 2.05) is 18.2 Å². The molecule has 2 aromatic carbocycles. The van der Waals surface area contributed by atoms with Crippen LogP contribution >= 0.6 is 15.9 Å². The summed E-state index contributed by atoms with van der Waals surface area (Å²) in [6.45, 7) is 4.15. The maximum Gasteiger partial charge on any atom is 0.133 e. The molecule has 0 saturated heterocycles. The summed E-state index contributed by atoms with van der Waals surface area (Å²) in [5.74, 6) is 1.49. The largest absolute Gasteiger partial charge is 0.496 e. The van der Waals surface area contributed by atoms with Gasteiger partial charge in [0.2, 0.25) is 0 Å². The highest BCUT2D eigenvalue weighted by molar-refractivity contribution is 9.10. The van der Waals surface area contributed by atoms with Gasteiger partial charge in [-0.3, -0.25) is 0 Å². The Kier molecular flexibility index (Phi) is 4.91. The maximum atomic E-state index is 6.52. The van der Waals surface area contributed by atoms with E-state index in [2.05, 4.69) is 41.9 Å². The van der Waals surface area contributed by atoms with Gasteiger partial charge in [-0.15, -0.1) is 0 Å². The van der Waals surface area contributed by atoms with Crippen LogP contribution < -0.4 is 15.2 Å². The van der Waals surface area contributed by atoms with Gasteiger partial charge in [0, 0.05) is 5.56 Å². The second-order valence-corrected chi connectivity index (χ2v) is 5.87. The summed E-state index contributed by atoms with van der Waals surface area (Å²) in [5, 5.41) is 0. The zero-order valence-electron chi connectivity index (χ0n) is 12.7. The van der Waals surface area contributed by atoms with Crippen molar-refractivity contribution in [1.29, 1.82) is 0 Å². The van der Waals surface area contributed by atoms with Crippen molar-refractivity contribution in [1.82, 2.24) is 0 Å². The van der Waals surface area contributed by atoms with Crippen LogP contribution in [-0.4, -0.2) is 14.2 Å². The summed E-state index contributed by atoms with van der Waals surface area (Å²) in [4.78, 5) is 0. The van der Waals surface area contributed by atoms with E-state index >= 15 is 0 Å². The summed E-state index contributed by atoms with van der Waals surface area (Å²) < 4.78 is 11.7. The van der Waals surface area contributed by atoms with Crippen molar-refractivity contribution in [2.45, 2.75) is 19.9 Å². The van der Waals surface area contributed by atoms with Gasteiger partial charge < -0.3 is 15.2 Å². The van der Waals surface area contributed by atoms with Crippen LogP contribution in [0.2, 0.25) is 0 Å². The molecular weight excluding hydrogens is 330 g/mol. The highest BCUT2D eigenvalue weighted by Gasteiger charge is 2.20. The number of benzene rings is 2. The molecule has 0 aliphatic carbocycles. The summed E-state index contributed by atoms with van der Waals surface area (Å²) in [6, 6.07) is 9.75. The zero-order chi connectivity index (χ0) is 15.6. The van der Waals surface area contributed by atoms with Crippen LogP contribution in [-0.2, 0) is 0 Å². The zero-order valence-corrected chi connectivity index (χ0v) is 14.3. The van der Waals surface area contributed by atoms with E-state index in [0.717, 1.165) is 27.1 Å². The molecule has 0 saturated carbocycles. The van der Waals surface area contributed by atoms with Crippen molar-refractivity contribution in [2.75, 3.05) is 14.2 Å². The molecular formula is C17H20BrNO2. The first-order chi connectivity index (χ1) is 9.99. The average molecular weight is 350 g/mol. The van der Waals surface area contributed by atoms with Crippen LogP contribution in [0.15, 0.2) is 34.8 Å². The molecule has 2 rings (SSSR count). The molecule has 3 nitrogen and oxygen atoms in total. The molecule has 0 aliphatic rings. The highest BCUT2D eigenvalue weighted by Crippen LogP contribution is 2.38. The highest BCUT2D eigenvalue weighted by atomic mass is 79.9. The fourth-order valence-electron chi connectivity index (χ4n) is 2.60. The van der Waals surface area contributed by atoms with Crippen LogP contribution in [0.4, 0.5) is 0 Å². The molecule has 1 atom stereocenters. The van der Waals surface area contributed by atoms with E-state index < -0.39 is 0 Å². The molecule has 112 valence electrons. The predicted octanol–water partition coefficient (Wildman–Crippen LogP) is 4.13. The van der Waals surface area contributed by atoms with E-state index in [4.69, 9.17) is 15.2 Å². The minimum Gasteiger partial charge on any atom is -0.496 e. The molecule has 0 aromatic heterocycles. The van der Waals surface area contributed by atoms with Gasteiger partial charge in [0.1, 0.15) is 11.5 Å². The van der Waals surface area contributed by atoms with Gasteiger partial charge in [0.25, 0.3) is 0 Å². The molecule has 21 heavy (non-hydrogen) atoms. The SMILES string of the molecule is COc1cc(C(N)c2c(C)cccc2C)c(OC)cc1Br. The lowest BCUT2D eigenvalue weighted by atomic mass is 9.91. The first-order valence-electron chi connectivity index (χ1n) is 6.72. The Morgan fingerprint density at radius 1 is 1.00 bits per heavy atom. The number of halogens is 1. The summed E-state index contributed by atoms with van der Waals surface area (Å²) in [7, 11) is 3.29. The third-order valence-corrected chi connectivity index (χ3v) is 4.31. The van der Waals surface area contributed by atoms with Crippen LogP contribution in [0.5, 0.6) is 11.5 Å². The lowest BCUT2D eigenvalue weighted by Gasteiger charge is -2.21. The smallest absolute Gasteiger partial charge is 0.133 e. The van der Waals surface area contributed by atoms with E-state index in [1.54, 1.807) is 14.2 Å². The number of rotatable bonds is 4. The van der Waals surface area contributed by atoms with Crippen molar-refractivity contribution in [3.05, 3.63) is 57.1 Å². The Hall–Kier alpha value is -1.52. The fraction of sp³-hybridized carbons (Fsp3) is 0.294. The van der Waals surface area contributed by atoms with Crippen molar-refractivity contribution >= 4 is 15.9 Å². The van der Waals surface area contributed by atoms with Gasteiger partial charge in [-0.05, 0) is 58.6 Å². The third-order valence-electron chi connectivity index (χ3n) is 3.69. The molecule has 0 aliphatic heterocycles. The molecule has 4 heteroatoms. The molecule has 2 N–H and O–H groups in total. The minimum atomic E-state index is -0.261. The van der Waals surface area contributed by atoms with E-state index in [0.29, 0.717) is 0 Å². The topological polar surface area (TPSA) is 44.5 Å². The first-order valence-corrected chi connectivity index (χ1v) is 7.52. The monoisotopic (exact) mass is 349 g/mol. The second-order valence-electron chi connectivity index (χ2n) is 5.01. The van der Waals surface area contributed by atoms with Crippen LogP contribution in [0, 0.1) is 13.8 Å². The molecule has 0 fully saturated rings. The normalized spacial score (nSPS) is 12.1. The number of ether oxygens (including phenoxy) is 2. The first kappa shape index (κ1) is 15.9. The van der Waals surface area contributed by atoms with Crippen molar-refractivity contribution < 1.29 is 9.47 Å². The quantitative estimate of drug-likeness (QED) is 0.902. The van der Waals surface area contributed by atoms with E-state index in [9.17, 15) is 0 Å². The van der Waals surface area contributed by atoms with Gasteiger partial charge in [0.05, 0.1) is 24.7 Å². The van der Waals surface area contributed by atoms with Crippen LogP contribution in [0.1, 0.15) is 28.3 Å². The Labute approximate surface area is 134 Å². The number of aryl methyl sites for hydroxylation is 2. The molecule has 0 spiro atoms. The fourth-order valence-corrected chi connectivity index (χ4v) is 3.08. The standard InChI is InChI=1S/C17H20BrNO2/c1-10-6-5-7-11(2)16(10)17(19)12-8-15(21-4)13(18)9-14(12)20-3/h5-9,17H,19H2,1-4H3. The molecule has 0 heterocycles. The second kappa shape index (κ2) is 6.50. The number of hydrogen-bond acceptors (Lipinski definition) is 3. The summed E-state index contributed by atoms with van der Waals surface area (Å²) >= 11 is 3.47. The molecule has 0 bridgehead atoms. The predicted molar refractivity (Wildman–Crippen MR) is 89.2 cm³/mol. The van der Waals surface area contributed by atoms with Crippen molar-refractivity contribution in [2.24, 2.45) is 5.73 Å². The van der Waals surface area contributed by atoms with Gasteiger partial charge in [-0.1, -0.05) is 18.2 Å². The Morgan fingerprint density at radius 3 is 2.10 bits per heavy atom. The van der Waals surface area contributed by atoms with Gasteiger partial charge >= 0.3 is 0 Å². The van der Waals surface area contributed by atoms with E-state index in [-0.39, 0.29) is 6.04 Å². The molecule has 2 aromatic rings. The summed E-state index contributed by atoms with van der Waals surface area (Å²) in [6.07, 6.45) is 0. The minimum absolute atomic E-state index is 0.261. The van der Waals surface area contributed by atoms with Crippen LogP contribution in [0.3, 0.4) is 0 Å². The number of methoxy groups -OCH3 is 2. The lowest BCUT2D eigenvalue weighted by molar-refractivity contribution is 0.395. The van der Waals surface area contributed by atoms with E-state index in [1.165, 1.54) is 11.1 Å². The van der Waals surface area contributed by atoms with Gasteiger partial charge in [-0.25, -0.2) is 0 Å². The van der Waals surface area contributed by atoms with Gasteiger partial charge in [0.15, 0.2) is 0 Å².